The fourth-order valence-corrected chi connectivity index (χ4v) is 4.65. The number of thiocarbonyl (C=S) groups is 1. The lowest BCUT2D eigenvalue weighted by molar-refractivity contribution is -0.384. The molecule has 1 aliphatic rings. The summed E-state index contributed by atoms with van der Waals surface area (Å²) in [6, 6.07) is 18.0. The third-order valence-electron chi connectivity index (χ3n) is 6.75. The number of carbonyl (C=O) groups excluding carboxylic acids is 1. The standard InChI is InChI=1S/C29H29N5O5S/c1-18(2)21-7-10-26-24(15-21)31-28(39-26)20-5-3-19(4-6-20)17-30-29(40)32-27(35)23-16-22(34(36)37)8-9-25(23)33-11-13-38-14-12-33/h3-10,15-16,18H,11-14,17H2,1-2H3,(H2,30,32,35,40). The molecule has 1 aliphatic heterocycles. The fraction of sp³-hybridized carbons (Fsp3) is 0.276. The van der Waals surface area contributed by atoms with Crippen LogP contribution in [0.3, 0.4) is 0 Å². The lowest BCUT2D eigenvalue weighted by Gasteiger charge is -2.30. The first-order valence-corrected chi connectivity index (χ1v) is 13.4. The molecule has 40 heavy (non-hydrogen) atoms. The molecular weight excluding hydrogens is 530 g/mol. The van der Waals surface area contributed by atoms with Crippen LogP contribution in [0.25, 0.3) is 22.6 Å². The molecule has 206 valence electrons. The zero-order valence-corrected chi connectivity index (χ0v) is 23.0. The number of morpholine rings is 1. The average Bonchev–Trinajstić information content (AvgIpc) is 3.40. The summed E-state index contributed by atoms with van der Waals surface area (Å²) in [6.07, 6.45) is 0. The number of non-ortho nitro benzene ring substituents is 1. The first-order valence-electron chi connectivity index (χ1n) is 13.0. The second-order valence-electron chi connectivity index (χ2n) is 9.79. The van der Waals surface area contributed by atoms with Gasteiger partial charge in [0.1, 0.15) is 5.52 Å². The minimum absolute atomic E-state index is 0.119. The van der Waals surface area contributed by atoms with Gasteiger partial charge in [0.05, 0.1) is 29.4 Å². The largest absolute Gasteiger partial charge is 0.436 e. The molecule has 2 heterocycles. The van der Waals surface area contributed by atoms with Crippen LogP contribution in [0.2, 0.25) is 0 Å². The quantitative estimate of drug-likeness (QED) is 0.179. The number of ether oxygens (including phenoxy) is 1. The highest BCUT2D eigenvalue weighted by atomic mass is 32.1. The molecule has 4 aromatic rings. The number of fused-ring (bicyclic) bond motifs is 1. The molecule has 1 aromatic heterocycles. The molecule has 0 spiro atoms. The minimum atomic E-state index is -0.524. The van der Waals surface area contributed by atoms with Crippen LogP contribution in [0, 0.1) is 10.1 Å². The van der Waals surface area contributed by atoms with E-state index in [4.69, 9.17) is 21.4 Å². The lowest BCUT2D eigenvalue weighted by atomic mass is 10.0. The third kappa shape index (κ3) is 6.11. The maximum absolute atomic E-state index is 13.1. The maximum atomic E-state index is 13.1. The van der Waals surface area contributed by atoms with Gasteiger partial charge in [-0.25, -0.2) is 4.98 Å². The molecule has 2 N–H and O–H groups in total. The number of anilines is 1. The summed E-state index contributed by atoms with van der Waals surface area (Å²) in [7, 11) is 0. The third-order valence-corrected chi connectivity index (χ3v) is 6.99. The summed E-state index contributed by atoms with van der Waals surface area (Å²) in [4.78, 5) is 30.5. The Morgan fingerprint density at radius 3 is 2.55 bits per heavy atom. The van der Waals surface area contributed by atoms with Crippen molar-refractivity contribution in [3.8, 4) is 11.5 Å². The summed E-state index contributed by atoms with van der Waals surface area (Å²) < 4.78 is 11.3. The molecule has 0 bridgehead atoms. The van der Waals surface area contributed by atoms with E-state index in [1.54, 1.807) is 6.07 Å². The van der Waals surface area contributed by atoms with Gasteiger partial charge >= 0.3 is 0 Å². The average molecular weight is 560 g/mol. The van der Waals surface area contributed by atoms with Gasteiger partial charge in [0, 0.05) is 37.3 Å². The van der Waals surface area contributed by atoms with E-state index in [2.05, 4.69) is 41.6 Å². The van der Waals surface area contributed by atoms with Crippen LogP contribution in [0.4, 0.5) is 11.4 Å². The van der Waals surface area contributed by atoms with Crippen molar-refractivity contribution in [2.45, 2.75) is 26.3 Å². The van der Waals surface area contributed by atoms with E-state index in [1.165, 1.54) is 17.7 Å². The van der Waals surface area contributed by atoms with E-state index in [-0.39, 0.29) is 16.4 Å². The van der Waals surface area contributed by atoms with Crippen LogP contribution < -0.4 is 15.5 Å². The van der Waals surface area contributed by atoms with Gasteiger partial charge in [-0.05, 0) is 59.6 Å². The van der Waals surface area contributed by atoms with Crippen molar-refractivity contribution in [1.29, 1.82) is 0 Å². The second kappa shape index (κ2) is 11.8. The van der Waals surface area contributed by atoms with Crippen LogP contribution in [-0.4, -0.2) is 47.2 Å². The highest BCUT2D eigenvalue weighted by molar-refractivity contribution is 7.80. The van der Waals surface area contributed by atoms with Crippen molar-refractivity contribution < 1.29 is 18.9 Å². The number of nitro groups is 1. The Bertz CT molecular complexity index is 1560. The van der Waals surface area contributed by atoms with Crippen LogP contribution in [0.1, 0.15) is 41.3 Å². The summed E-state index contributed by atoms with van der Waals surface area (Å²) in [5, 5.41) is 17.1. The molecule has 0 aliphatic carbocycles. The van der Waals surface area contributed by atoms with Gasteiger partial charge in [-0.3, -0.25) is 20.2 Å². The van der Waals surface area contributed by atoms with Gasteiger partial charge in [-0.1, -0.05) is 32.0 Å². The molecule has 11 heteroatoms. The van der Waals surface area contributed by atoms with Crippen molar-refractivity contribution in [2.24, 2.45) is 0 Å². The number of oxazole rings is 1. The molecular formula is C29H29N5O5S. The Labute approximate surface area is 236 Å². The van der Waals surface area contributed by atoms with E-state index in [9.17, 15) is 14.9 Å². The second-order valence-corrected chi connectivity index (χ2v) is 10.2. The van der Waals surface area contributed by atoms with E-state index in [1.807, 2.05) is 35.2 Å². The number of nitrogens with one attached hydrogen (secondary N) is 2. The predicted molar refractivity (Wildman–Crippen MR) is 157 cm³/mol. The van der Waals surface area contributed by atoms with E-state index in [0.29, 0.717) is 50.3 Å². The Hall–Kier alpha value is -4.35. The zero-order chi connectivity index (χ0) is 28.2. The molecule has 3 aromatic carbocycles. The van der Waals surface area contributed by atoms with Gasteiger partial charge in [0.2, 0.25) is 5.89 Å². The monoisotopic (exact) mass is 559 g/mol. The molecule has 1 fully saturated rings. The molecule has 1 saturated heterocycles. The summed E-state index contributed by atoms with van der Waals surface area (Å²) >= 11 is 5.35. The van der Waals surface area contributed by atoms with Gasteiger partial charge in [-0.2, -0.15) is 0 Å². The molecule has 0 unspecified atom stereocenters. The smallest absolute Gasteiger partial charge is 0.270 e. The fourth-order valence-electron chi connectivity index (χ4n) is 4.49. The van der Waals surface area contributed by atoms with Crippen LogP contribution >= 0.6 is 12.2 Å². The normalized spacial score (nSPS) is 13.4. The number of benzene rings is 3. The number of aromatic nitrogens is 1. The summed E-state index contributed by atoms with van der Waals surface area (Å²) in [5.41, 5.74) is 5.18. The van der Waals surface area contributed by atoms with Gasteiger partial charge in [-0.15, -0.1) is 0 Å². The summed E-state index contributed by atoms with van der Waals surface area (Å²) in [6.45, 7) is 6.85. The van der Waals surface area contributed by atoms with Gasteiger partial charge in [0.25, 0.3) is 11.6 Å². The number of rotatable bonds is 7. The molecule has 1 amide bonds. The Balaban J connectivity index is 1.22. The first kappa shape index (κ1) is 27.2. The highest BCUT2D eigenvalue weighted by Gasteiger charge is 2.22. The Morgan fingerprint density at radius 2 is 1.85 bits per heavy atom. The van der Waals surface area contributed by atoms with Crippen molar-refractivity contribution in [1.82, 2.24) is 15.6 Å². The summed E-state index contributed by atoms with van der Waals surface area (Å²) in [5.74, 6) is 0.436. The number of nitro benzene ring substituents is 1. The van der Waals surface area contributed by atoms with Crippen molar-refractivity contribution in [2.75, 3.05) is 31.2 Å². The first-order chi connectivity index (χ1) is 19.3. The number of amides is 1. The highest BCUT2D eigenvalue weighted by Crippen LogP contribution is 2.28. The van der Waals surface area contributed by atoms with E-state index in [0.717, 1.165) is 22.2 Å². The Morgan fingerprint density at radius 1 is 1.10 bits per heavy atom. The minimum Gasteiger partial charge on any atom is -0.436 e. The molecule has 0 saturated carbocycles. The maximum Gasteiger partial charge on any atom is 0.270 e. The number of carbonyl (C=O) groups is 1. The van der Waals surface area contributed by atoms with Gasteiger partial charge in [0.15, 0.2) is 10.7 Å². The number of hydrogen-bond acceptors (Lipinski definition) is 8. The molecule has 0 atom stereocenters. The molecule has 5 rings (SSSR count). The molecule has 10 nitrogen and oxygen atoms in total. The van der Waals surface area contributed by atoms with Gasteiger partial charge < -0.3 is 19.4 Å². The van der Waals surface area contributed by atoms with Crippen LogP contribution in [0.5, 0.6) is 0 Å². The predicted octanol–water partition coefficient (Wildman–Crippen LogP) is 5.17. The van der Waals surface area contributed by atoms with Crippen LogP contribution in [0.15, 0.2) is 65.1 Å². The van der Waals surface area contributed by atoms with E-state index < -0.39 is 10.8 Å². The van der Waals surface area contributed by atoms with Crippen molar-refractivity contribution in [3.63, 3.8) is 0 Å². The van der Waals surface area contributed by atoms with Crippen LogP contribution in [-0.2, 0) is 11.3 Å². The van der Waals surface area contributed by atoms with Crippen molar-refractivity contribution >= 4 is 45.7 Å². The molecule has 0 radical (unpaired) electrons. The van der Waals surface area contributed by atoms with Crippen molar-refractivity contribution in [3.05, 3.63) is 87.5 Å². The topological polar surface area (TPSA) is 123 Å². The Kier molecular flexibility index (Phi) is 8.04. The SMILES string of the molecule is CC(C)c1ccc2oc(-c3ccc(CNC(=S)NC(=O)c4cc([N+](=O)[O-])ccc4N4CCOCC4)cc3)nc2c1. The number of hydrogen-bond donors (Lipinski definition) is 2. The van der Waals surface area contributed by atoms with E-state index >= 15 is 0 Å². The number of nitrogens with zero attached hydrogens (tertiary/aromatic N) is 3. The lowest BCUT2D eigenvalue weighted by Crippen LogP contribution is -2.41. The zero-order valence-electron chi connectivity index (χ0n) is 22.2.